The number of amides is 3. The van der Waals surface area contributed by atoms with Gasteiger partial charge in [-0.05, 0) is 59.4 Å². The Morgan fingerprint density at radius 2 is 1.61 bits per heavy atom. The number of esters is 1. The summed E-state index contributed by atoms with van der Waals surface area (Å²) in [6.45, 7) is 15.0. The van der Waals surface area contributed by atoms with E-state index in [9.17, 15) is 19.2 Å². The van der Waals surface area contributed by atoms with E-state index in [0.29, 0.717) is 12.0 Å². The van der Waals surface area contributed by atoms with Gasteiger partial charge in [-0.3, -0.25) is 14.4 Å². The summed E-state index contributed by atoms with van der Waals surface area (Å²) in [4.78, 5) is 52.5. The third-order valence-electron chi connectivity index (χ3n) is 5.17. The number of benzene rings is 1. The predicted octanol–water partition coefficient (Wildman–Crippen LogP) is 3.81. The zero-order valence-electron chi connectivity index (χ0n) is 23.2. The average Bonchev–Trinajstić information content (AvgIpc) is 2.70. The minimum Gasteiger partial charge on any atom is -0.466 e. The molecule has 2 N–H and O–H groups in total. The second-order valence-electron chi connectivity index (χ2n) is 10.4. The van der Waals surface area contributed by atoms with Crippen LogP contribution in [0.4, 0.5) is 4.79 Å². The minimum absolute atomic E-state index is 0.0208. The summed E-state index contributed by atoms with van der Waals surface area (Å²) in [5.74, 6) is -1.16. The number of alkyl carbamates (subject to hydrolysis) is 1. The van der Waals surface area contributed by atoms with E-state index < -0.39 is 41.6 Å². The Kier molecular flexibility index (Phi) is 11.9. The number of hydrogen-bond donors (Lipinski definition) is 2. The Hall–Kier alpha value is -3.10. The molecule has 0 aromatic heterocycles. The molecule has 2 unspecified atom stereocenters. The highest BCUT2D eigenvalue weighted by Crippen LogP contribution is 2.24. The summed E-state index contributed by atoms with van der Waals surface area (Å²) in [6.07, 6.45) is -0.309. The molecule has 1 aromatic rings. The highest BCUT2D eigenvalue weighted by Gasteiger charge is 2.34. The SMILES string of the molecule is CCOC(=O)CCNC(=O)C(c1cc(C)cc(C)c1)N(C)C(=O)C(CC(C)C)NC(=O)OC(C)(C)C. The molecule has 0 heterocycles. The molecule has 3 amide bonds. The van der Waals surface area contributed by atoms with Gasteiger partial charge >= 0.3 is 12.1 Å². The summed E-state index contributed by atoms with van der Waals surface area (Å²) in [5, 5.41) is 5.43. The molecule has 0 bridgehead atoms. The van der Waals surface area contributed by atoms with Crippen molar-refractivity contribution >= 4 is 23.9 Å². The molecule has 2 atom stereocenters. The van der Waals surface area contributed by atoms with Crippen LogP contribution in [0.25, 0.3) is 0 Å². The van der Waals surface area contributed by atoms with Crippen molar-refractivity contribution in [3.8, 4) is 0 Å². The third kappa shape index (κ3) is 10.7. The molecule has 0 spiro atoms. The predicted molar refractivity (Wildman–Crippen MR) is 138 cm³/mol. The summed E-state index contributed by atoms with van der Waals surface area (Å²) in [7, 11) is 1.54. The first-order chi connectivity index (χ1) is 16.6. The van der Waals surface area contributed by atoms with Crippen LogP contribution in [-0.2, 0) is 23.9 Å². The van der Waals surface area contributed by atoms with E-state index in [1.807, 2.05) is 45.9 Å². The summed E-state index contributed by atoms with van der Waals surface area (Å²) in [5.41, 5.74) is 1.81. The maximum Gasteiger partial charge on any atom is 0.408 e. The van der Waals surface area contributed by atoms with Crippen molar-refractivity contribution in [2.45, 2.75) is 85.9 Å². The molecule has 36 heavy (non-hydrogen) atoms. The average molecular weight is 506 g/mol. The number of likely N-dealkylation sites (N-methyl/N-ethyl adjacent to an activating group) is 1. The number of carbonyl (C=O) groups is 4. The number of aryl methyl sites for hydroxylation is 2. The van der Waals surface area contributed by atoms with Gasteiger partial charge in [0.05, 0.1) is 13.0 Å². The fraction of sp³-hybridized carbons (Fsp3) is 0.630. The molecule has 0 radical (unpaired) electrons. The minimum atomic E-state index is -0.964. The lowest BCUT2D eigenvalue weighted by molar-refractivity contribution is -0.143. The van der Waals surface area contributed by atoms with Crippen molar-refractivity contribution in [2.24, 2.45) is 5.92 Å². The fourth-order valence-electron chi connectivity index (χ4n) is 3.85. The van der Waals surface area contributed by atoms with Gasteiger partial charge < -0.3 is 25.0 Å². The number of rotatable bonds is 11. The van der Waals surface area contributed by atoms with Crippen LogP contribution in [-0.4, -0.2) is 60.6 Å². The normalized spacial score (nSPS) is 12.9. The van der Waals surface area contributed by atoms with Crippen LogP contribution >= 0.6 is 0 Å². The summed E-state index contributed by atoms with van der Waals surface area (Å²) in [6, 6.07) is 3.84. The van der Waals surface area contributed by atoms with E-state index in [-0.39, 0.29) is 25.5 Å². The molecule has 9 nitrogen and oxygen atoms in total. The van der Waals surface area contributed by atoms with Gasteiger partial charge in [-0.1, -0.05) is 43.2 Å². The largest absolute Gasteiger partial charge is 0.466 e. The molecule has 0 saturated heterocycles. The van der Waals surface area contributed by atoms with Gasteiger partial charge in [0.15, 0.2) is 0 Å². The number of hydrogen-bond acceptors (Lipinski definition) is 6. The highest BCUT2D eigenvalue weighted by molar-refractivity contribution is 5.92. The molecule has 9 heteroatoms. The van der Waals surface area contributed by atoms with Crippen LogP contribution in [0, 0.1) is 19.8 Å². The third-order valence-corrected chi connectivity index (χ3v) is 5.17. The van der Waals surface area contributed by atoms with Crippen LogP contribution in [0.15, 0.2) is 18.2 Å². The molecular formula is C27H43N3O6. The monoisotopic (exact) mass is 505 g/mol. The van der Waals surface area contributed by atoms with Crippen molar-refractivity contribution in [3.05, 3.63) is 34.9 Å². The molecule has 0 aliphatic rings. The Morgan fingerprint density at radius 3 is 2.11 bits per heavy atom. The lowest BCUT2D eigenvalue weighted by atomic mass is 9.97. The Bertz CT molecular complexity index is 902. The maximum absolute atomic E-state index is 13.6. The highest BCUT2D eigenvalue weighted by atomic mass is 16.6. The molecule has 0 aliphatic heterocycles. The van der Waals surface area contributed by atoms with E-state index in [1.54, 1.807) is 34.7 Å². The van der Waals surface area contributed by atoms with Crippen molar-refractivity contribution in [3.63, 3.8) is 0 Å². The Labute approximate surface area is 215 Å². The molecular weight excluding hydrogens is 462 g/mol. The summed E-state index contributed by atoms with van der Waals surface area (Å²) < 4.78 is 10.3. The number of ether oxygens (including phenoxy) is 2. The molecule has 0 saturated carbocycles. The van der Waals surface area contributed by atoms with Gasteiger partial charge in [-0.15, -0.1) is 0 Å². The summed E-state index contributed by atoms with van der Waals surface area (Å²) >= 11 is 0. The van der Waals surface area contributed by atoms with Crippen molar-refractivity contribution in [1.82, 2.24) is 15.5 Å². The van der Waals surface area contributed by atoms with Crippen molar-refractivity contribution < 1.29 is 28.7 Å². The molecule has 202 valence electrons. The molecule has 0 fully saturated rings. The first-order valence-electron chi connectivity index (χ1n) is 12.4. The first-order valence-corrected chi connectivity index (χ1v) is 12.4. The van der Waals surface area contributed by atoms with E-state index >= 15 is 0 Å². The van der Waals surface area contributed by atoms with Gasteiger partial charge in [0.2, 0.25) is 11.8 Å². The number of nitrogens with zero attached hydrogens (tertiary/aromatic N) is 1. The fourth-order valence-corrected chi connectivity index (χ4v) is 3.85. The van der Waals surface area contributed by atoms with Crippen molar-refractivity contribution in [2.75, 3.05) is 20.2 Å². The second kappa shape index (κ2) is 13.8. The van der Waals surface area contributed by atoms with Crippen LogP contribution in [0.3, 0.4) is 0 Å². The topological polar surface area (TPSA) is 114 Å². The van der Waals surface area contributed by atoms with Gasteiger partial charge in [-0.25, -0.2) is 4.79 Å². The number of carbonyl (C=O) groups excluding carboxylic acids is 4. The Morgan fingerprint density at radius 1 is 1.03 bits per heavy atom. The van der Waals surface area contributed by atoms with Gasteiger partial charge in [-0.2, -0.15) is 0 Å². The van der Waals surface area contributed by atoms with Gasteiger partial charge in [0.1, 0.15) is 17.7 Å². The smallest absolute Gasteiger partial charge is 0.408 e. The molecule has 0 aliphatic carbocycles. The van der Waals surface area contributed by atoms with Crippen LogP contribution in [0.2, 0.25) is 0 Å². The van der Waals surface area contributed by atoms with E-state index in [2.05, 4.69) is 10.6 Å². The quantitative estimate of drug-likeness (QED) is 0.442. The van der Waals surface area contributed by atoms with Crippen molar-refractivity contribution in [1.29, 1.82) is 0 Å². The molecule has 1 aromatic carbocycles. The number of nitrogens with one attached hydrogen (secondary N) is 2. The van der Waals surface area contributed by atoms with Crippen LogP contribution in [0.1, 0.15) is 77.1 Å². The van der Waals surface area contributed by atoms with Gasteiger partial charge in [0, 0.05) is 13.6 Å². The van der Waals surface area contributed by atoms with Gasteiger partial charge in [0.25, 0.3) is 0 Å². The van der Waals surface area contributed by atoms with Crippen LogP contribution in [0.5, 0.6) is 0 Å². The van der Waals surface area contributed by atoms with E-state index in [0.717, 1.165) is 11.1 Å². The zero-order valence-corrected chi connectivity index (χ0v) is 23.2. The maximum atomic E-state index is 13.6. The Balaban J connectivity index is 3.24. The van der Waals surface area contributed by atoms with E-state index in [1.165, 1.54) is 4.90 Å². The zero-order chi connectivity index (χ0) is 27.6. The lowest BCUT2D eigenvalue weighted by Gasteiger charge is -2.32. The lowest BCUT2D eigenvalue weighted by Crippen LogP contribution is -2.52. The first kappa shape index (κ1) is 30.9. The van der Waals surface area contributed by atoms with E-state index in [4.69, 9.17) is 9.47 Å². The standard InChI is InChI=1S/C27H43N3O6/c1-10-35-22(31)11-12-28-24(32)23(20-15-18(4)14-19(5)16-20)30(9)25(33)21(13-17(2)3)29-26(34)36-27(6,7)8/h14-17,21,23H,10-13H2,1-9H3,(H,28,32)(H,29,34). The second-order valence-corrected chi connectivity index (χ2v) is 10.4. The molecule has 1 rings (SSSR count). The van der Waals surface area contributed by atoms with Crippen LogP contribution < -0.4 is 10.6 Å².